The summed E-state index contributed by atoms with van der Waals surface area (Å²) >= 11 is 0. The van der Waals surface area contributed by atoms with E-state index in [9.17, 15) is 0 Å². The summed E-state index contributed by atoms with van der Waals surface area (Å²) in [5, 5.41) is 22.8. The first-order valence-corrected chi connectivity index (χ1v) is 10.6. The number of hydrogen-bond donors (Lipinski definition) is 5. The Hall–Kier alpha value is -2.50. The first kappa shape index (κ1) is 22.2. The van der Waals surface area contributed by atoms with Gasteiger partial charge in [-0.15, -0.1) is 0 Å². The fourth-order valence-electron chi connectivity index (χ4n) is 3.34. The molecule has 0 radical (unpaired) electrons. The van der Waals surface area contributed by atoms with Crippen LogP contribution in [0, 0.1) is 0 Å². The number of rotatable bonds is 10. The number of hydrogen-bond acceptors (Lipinski definition) is 11. The van der Waals surface area contributed by atoms with E-state index in [1.54, 1.807) is 6.21 Å². The molecule has 3 rings (SSSR count). The van der Waals surface area contributed by atoms with E-state index < -0.39 is 0 Å². The molecular formula is C19H33N9O2. The second kappa shape index (κ2) is 12.3. The van der Waals surface area contributed by atoms with E-state index in [1.807, 2.05) is 6.07 Å². The van der Waals surface area contributed by atoms with E-state index in [2.05, 4.69) is 40.9 Å². The van der Waals surface area contributed by atoms with E-state index in [0.717, 1.165) is 50.7 Å². The molecular weight excluding hydrogens is 386 g/mol. The Morgan fingerprint density at radius 1 is 1.33 bits per heavy atom. The molecule has 0 aromatic carbocycles. The monoisotopic (exact) mass is 419 g/mol. The number of nitrogens with one attached hydrogen (secondary N) is 3. The summed E-state index contributed by atoms with van der Waals surface area (Å²) in [5.74, 6) is 7.67. The van der Waals surface area contributed by atoms with E-state index in [0.29, 0.717) is 50.4 Å². The van der Waals surface area contributed by atoms with Crippen LogP contribution in [0.1, 0.15) is 19.3 Å². The number of aliphatic imine (C=N–C) groups is 1. The average Bonchev–Trinajstić information content (AvgIpc) is 2.80. The van der Waals surface area contributed by atoms with Crippen molar-refractivity contribution in [3.63, 3.8) is 0 Å². The first-order valence-electron chi connectivity index (χ1n) is 10.6. The van der Waals surface area contributed by atoms with Gasteiger partial charge >= 0.3 is 0 Å². The second-order valence-corrected chi connectivity index (χ2v) is 7.29. The molecule has 1 aromatic rings. The van der Waals surface area contributed by atoms with Crippen LogP contribution in [-0.4, -0.2) is 92.1 Å². The van der Waals surface area contributed by atoms with Crippen molar-refractivity contribution >= 4 is 29.5 Å². The average molecular weight is 420 g/mol. The summed E-state index contributed by atoms with van der Waals surface area (Å²) in [4.78, 5) is 15.8. The molecule has 0 saturated carbocycles. The van der Waals surface area contributed by atoms with Crippen molar-refractivity contribution in [2.75, 3.05) is 74.6 Å². The molecule has 2 aliphatic rings. The number of ether oxygens (including phenoxy) is 1. The summed E-state index contributed by atoms with van der Waals surface area (Å²) in [6, 6.07) is 2.40. The molecule has 3 heterocycles. The molecule has 30 heavy (non-hydrogen) atoms. The summed E-state index contributed by atoms with van der Waals surface area (Å²) in [5.41, 5.74) is 0.584. The van der Waals surface area contributed by atoms with Crippen LogP contribution in [0.15, 0.2) is 16.2 Å². The van der Waals surface area contributed by atoms with E-state index in [-0.39, 0.29) is 6.61 Å². The maximum atomic E-state index is 8.84. The van der Waals surface area contributed by atoms with Crippen LogP contribution in [0.25, 0.3) is 0 Å². The lowest BCUT2D eigenvalue weighted by Crippen LogP contribution is -2.37. The van der Waals surface area contributed by atoms with Gasteiger partial charge in [-0.2, -0.15) is 15.1 Å². The Morgan fingerprint density at radius 2 is 2.13 bits per heavy atom. The molecule has 11 nitrogen and oxygen atoms in total. The lowest BCUT2D eigenvalue weighted by molar-refractivity contribution is 0.122. The van der Waals surface area contributed by atoms with Gasteiger partial charge in [-0.05, 0) is 32.4 Å². The predicted molar refractivity (Wildman–Crippen MR) is 120 cm³/mol. The fourth-order valence-corrected chi connectivity index (χ4v) is 3.34. The fraction of sp³-hybridized carbons (Fsp3) is 0.684. The highest BCUT2D eigenvalue weighted by Crippen LogP contribution is 2.21. The zero-order chi connectivity index (χ0) is 21.0. The van der Waals surface area contributed by atoms with Crippen molar-refractivity contribution in [2.45, 2.75) is 25.3 Å². The highest BCUT2D eigenvalue weighted by molar-refractivity contribution is 6.32. The van der Waals surface area contributed by atoms with Crippen LogP contribution in [-0.2, 0) is 4.74 Å². The Bertz CT molecular complexity index is 701. The summed E-state index contributed by atoms with van der Waals surface area (Å²) in [6.07, 6.45) is 4.35. The van der Waals surface area contributed by atoms with Crippen LogP contribution in [0.5, 0.6) is 0 Å². The van der Waals surface area contributed by atoms with E-state index in [4.69, 9.17) is 15.7 Å². The number of aliphatic hydroxyl groups is 1. The molecule has 0 atom stereocenters. The van der Waals surface area contributed by atoms with E-state index in [1.165, 1.54) is 0 Å². The normalized spacial score (nSPS) is 18.7. The number of hydrazone groups is 1. The van der Waals surface area contributed by atoms with Gasteiger partial charge in [0.2, 0.25) is 5.95 Å². The first-order chi connectivity index (χ1) is 14.8. The summed E-state index contributed by atoms with van der Waals surface area (Å²) < 4.78 is 5.47. The van der Waals surface area contributed by atoms with Gasteiger partial charge in [-0.1, -0.05) is 0 Å². The Balaban J connectivity index is 1.69. The standard InChI is InChI=1S/C19H33N9O2/c20-27-16(13-22-4-1-9-29)14-23-19-25-17(24-15-2-5-21-6-3-15)12-18(26-19)28-7-10-30-11-8-28/h12-13,15,21,29H,1-11,14,20H2,(H2,23,24,25,26). The van der Waals surface area contributed by atoms with Crippen LogP contribution >= 0.6 is 0 Å². The molecule has 0 amide bonds. The number of morpholine rings is 1. The molecule has 6 N–H and O–H groups in total. The van der Waals surface area contributed by atoms with Crippen molar-refractivity contribution < 1.29 is 9.84 Å². The number of nitrogens with zero attached hydrogens (tertiary/aromatic N) is 5. The smallest absolute Gasteiger partial charge is 0.226 e. The number of piperidine rings is 1. The Labute approximate surface area is 177 Å². The van der Waals surface area contributed by atoms with Gasteiger partial charge < -0.3 is 36.5 Å². The molecule has 0 aliphatic carbocycles. The molecule has 11 heteroatoms. The second-order valence-electron chi connectivity index (χ2n) is 7.29. The van der Waals surface area contributed by atoms with Crippen LogP contribution in [0.2, 0.25) is 0 Å². The van der Waals surface area contributed by atoms with Crippen LogP contribution in [0.4, 0.5) is 17.6 Å². The quantitative estimate of drug-likeness (QED) is 0.149. The minimum absolute atomic E-state index is 0.111. The van der Waals surface area contributed by atoms with Gasteiger partial charge in [-0.3, -0.25) is 4.99 Å². The molecule has 0 unspecified atom stereocenters. The summed E-state index contributed by atoms with van der Waals surface area (Å²) in [7, 11) is 0. The molecule has 1 aromatic heterocycles. The van der Waals surface area contributed by atoms with Gasteiger partial charge in [0.05, 0.1) is 25.5 Å². The molecule has 2 aliphatic heterocycles. The number of nitrogens with two attached hydrogens (primary N) is 1. The zero-order valence-corrected chi connectivity index (χ0v) is 17.4. The van der Waals surface area contributed by atoms with Crippen molar-refractivity contribution in [3.05, 3.63) is 6.07 Å². The van der Waals surface area contributed by atoms with Crippen LogP contribution in [0.3, 0.4) is 0 Å². The third-order valence-corrected chi connectivity index (χ3v) is 5.02. The molecule has 0 bridgehead atoms. The van der Waals surface area contributed by atoms with Crippen molar-refractivity contribution in [2.24, 2.45) is 15.9 Å². The van der Waals surface area contributed by atoms with Gasteiger partial charge in [0.25, 0.3) is 0 Å². The van der Waals surface area contributed by atoms with Crippen molar-refractivity contribution in [1.29, 1.82) is 0 Å². The largest absolute Gasteiger partial charge is 0.396 e. The third kappa shape index (κ3) is 7.08. The minimum atomic E-state index is 0.111. The van der Waals surface area contributed by atoms with E-state index >= 15 is 0 Å². The lowest BCUT2D eigenvalue weighted by Gasteiger charge is -2.29. The number of aromatic nitrogens is 2. The van der Waals surface area contributed by atoms with Gasteiger partial charge in [0.1, 0.15) is 11.6 Å². The SMILES string of the molecule is NN=C(C=NCCCO)CNc1nc(NC2CCNCC2)cc(N2CCOCC2)n1. The third-order valence-electron chi connectivity index (χ3n) is 5.02. The maximum Gasteiger partial charge on any atom is 0.226 e. The maximum absolute atomic E-state index is 8.84. The summed E-state index contributed by atoms with van der Waals surface area (Å²) in [6.45, 7) is 6.01. The van der Waals surface area contributed by atoms with Crippen LogP contribution < -0.4 is 26.7 Å². The highest BCUT2D eigenvalue weighted by atomic mass is 16.5. The van der Waals surface area contributed by atoms with Crippen molar-refractivity contribution in [1.82, 2.24) is 15.3 Å². The molecule has 2 fully saturated rings. The number of anilines is 3. The predicted octanol–water partition coefficient (Wildman–Crippen LogP) is -0.343. The highest BCUT2D eigenvalue weighted by Gasteiger charge is 2.18. The zero-order valence-electron chi connectivity index (χ0n) is 17.4. The van der Waals surface area contributed by atoms with Gasteiger partial charge in [-0.25, -0.2) is 0 Å². The Kier molecular flexibility index (Phi) is 9.06. The minimum Gasteiger partial charge on any atom is -0.396 e. The van der Waals surface area contributed by atoms with Gasteiger partial charge in [0, 0.05) is 44.6 Å². The molecule has 0 spiro atoms. The Morgan fingerprint density at radius 3 is 2.87 bits per heavy atom. The topological polar surface area (TPSA) is 145 Å². The lowest BCUT2D eigenvalue weighted by atomic mass is 10.1. The van der Waals surface area contributed by atoms with Crippen molar-refractivity contribution in [3.8, 4) is 0 Å². The molecule has 166 valence electrons. The molecule has 2 saturated heterocycles. The number of aliphatic hydroxyl groups excluding tert-OH is 1. The van der Waals surface area contributed by atoms with Gasteiger partial charge in [0.15, 0.2) is 0 Å².